The second-order valence-corrected chi connectivity index (χ2v) is 7.34. The monoisotopic (exact) mass is 425 g/mol. The van der Waals surface area contributed by atoms with Crippen molar-refractivity contribution in [3.05, 3.63) is 96.2 Å². The van der Waals surface area contributed by atoms with Crippen LogP contribution in [0.2, 0.25) is 0 Å². The summed E-state index contributed by atoms with van der Waals surface area (Å²) in [6, 6.07) is 25.5. The van der Waals surface area contributed by atoms with E-state index >= 15 is 0 Å². The number of carbonyl (C=O) groups is 3. The Labute approximate surface area is 186 Å². The normalized spacial score (nSPS) is 13.5. The van der Waals surface area contributed by atoms with E-state index < -0.39 is 0 Å². The van der Waals surface area contributed by atoms with Crippen LogP contribution in [0.4, 0.5) is 17.1 Å². The first-order chi connectivity index (χ1) is 15.5. The molecule has 0 atom stereocenters. The zero-order valence-electron chi connectivity index (χ0n) is 17.9. The zero-order valence-corrected chi connectivity index (χ0v) is 17.9. The molecular weight excluding hydrogens is 402 g/mol. The van der Waals surface area contributed by atoms with Crippen LogP contribution in [0.5, 0.6) is 0 Å². The van der Waals surface area contributed by atoms with E-state index in [9.17, 15) is 14.4 Å². The van der Waals surface area contributed by atoms with E-state index in [2.05, 4.69) is 5.32 Å². The molecule has 0 unspecified atom stereocenters. The maximum atomic E-state index is 13.7. The Morgan fingerprint density at radius 2 is 1.44 bits per heavy atom. The third kappa shape index (κ3) is 3.90. The minimum atomic E-state index is -0.383. The number of hydrogen-bond acceptors (Lipinski definition) is 4. The highest BCUT2D eigenvalue weighted by Gasteiger charge is 2.42. The van der Waals surface area contributed by atoms with Crippen LogP contribution >= 0.6 is 0 Å². The highest BCUT2D eigenvalue weighted by atomic mass is 16.2. The predicted molar refractivity (Wildman–Crippen MR) is 126 cm³/mol. The molecule has 0 fully saturated rings. The molecule has 3 aromatic carbocycles. The predicted octanol–water partition coefficient (Wildman–Crippen LogP) is 4.46. The van der Waals surface area contributed by atoms with Crippen molar-refractivity contribution in [3.63, 3.8) is 0 Å². The second-order valence-electron chi connectivity index (χ2n) is 7.34. The first kappa shape index (κ1) is 21.1. The third-order valence-electron chi connectivity index (χ3n) is 5.22. The lowest BCUT2D eigenvalue weighted by Gasteiger charge is -2.25. The van der Waals surface area contributed by atoms with Crippen molar-refractivity contribution in [1.82, 2.24) is 0 Å². The van der Waals surface area contributed by atoms with Crippen LogP contribution in [0.25, 0.3) is 5.57 Å². The van der Waals surface area contributed by atoms with Gasteiger partial charge in [-0.25, -0.2) is 4.90 Å². The minimum Gasteiger partial charge on any atom is -0.337 e. The summed E-state index contributed by atoms with van der Waals surface area (Å²) in [5.74, 6) is -0.951. The number of nitrogens with one attached hydrogen (secondary N) is 1. The van der Waals surface area contributed by atoms with Crippen LogP contribution in [-0.4, -0.2) is 24.3 Å². The van der Waals surface area contributed by atoms with E-state index in [0.29, 0.717) is 34.8 Å². The van der Waals surface area contributed by atoms with Gasteiger partial charge < -0.3 is 10.2 Å². The Hall–Kier alpha value is -4.19. The zero-order chi connectivity index (χ0) is 22.7. The molecule has 0 spiro atoms. The summed E-state index contributed by atoms with van der Waals surface area (Å²) in [6.07, 6.45) is 0. The number of amides is 3. The van der Waals surface area contributed by atoms with Gasteiger partial charge in [0, 0.05) is 24.8 Å². The van der Waals surface area contributed by atoms with Crippen molar-refractivity contribution < 1.29 is 14.4 Å². The van der Waals surface area contributed by atoms with Gasteiger partial charge in [-0.3, -0.25) is 14.4 Å². The fraction of sp³-hybridized carbons (Fsp3) is 0.115. The Balaban J connectivity index is 1.81. The van der Waals surface area contributed by atoms with Gasteiger partial charge >= 0.3 is 0 Å². The summed E-state index contributed by atoms with van der Waals surface area (Å²) < 4.78 is 0. The van der Waals surface area contributed by atoms with Gasteiger partial charge in [0.25, 0.3) is 11.8 Å². The van der Waals surface area contributed by atoms with Crippen molar-refractivity contribution in [1.29, 1.82) is 0 Å². The summed E-state index contributed by atoms with van der Waals surface area (Å²) in [7, 11) is 0. The number of imide groups is 1. The highest BCUT2D eigenvalue weighted by Crippen LogP contribution is 2.36. The van der Waals surface area contributed by atoms with E-state index in [1.165, 1.54) is 11.8 Å². The topological polar surface area (TPSA) is 69.7 Å². The van der Waals surface area contributed by atoms with E-state index in [-0.39, 0.29) is 17.7 Å². The first-order valence-electron chi connectivity index (χ1n) is 10.4. The van der Waals surface area contributed by atoms with Crippen LogP contribution in [0.3, 0.4) is 0 Å². The fourth-order valence-corrected chi connectivity index (χ4v) is 3.84. The van der Waals surface area contributed by atoms with Crippen LogP contribution in [0.1, 0.15) is 19.4 Å². The van der Waals surface area contributed by atoms with Crippen LogP contribution in [0, 0.1) is 0 Å². The number of nitrogens with zero attached hydrogens (tertiary/aromatic N) is 2. The molecule has 1 heterocycles. The average molecular weight is 425 g/mol. The largest absolute Gasteiger partial charge is 0.337 e. The number of likely N-dealkylation sites (N-methyl/N-ethyl adjacent to an activating group) is 1. The van der Waals surface area contributed by atoms with Crippen LogP contribution in [-0.2, 0) is 14.4 Å². The standard InChI is InChI=1S/C26H23N3O3/c1-3-28(21-12-8-5-9-13-21)24-23(19-10-6-4-7-11-19)25(31)29(26(24)32)22-16-14-20(15-17-22)27-18(2)30/h4-17H,3H2,1-2H3,(H,27,30). The lowest BCUT2D eigenvalue weighted by Crippen LogP contribution is -2.35. The quantitative estimate of drug-likeness (QED) is 0.592. The molecule has 0 aliphatic carbocycles. The van der Waals surface area contributed by atoms with Gasteiger partial charge in [-0.2, -0.15) is 0 Å². The molecule has 6 heteroatoms. The SMILES string of the molecule is CCN(C1=C(c2ccccc2)C(=O)N(c2ccc(NC(C)=O)cc2)C1=O)c1ccccc1. The van der Waals surface area contributed by atoms with Gasteiger partial charge in [0.1, 0.15) is 5.70 Å². The molecule has 1 N–H and O–H groups in total. The molecular formula is C26H23N3O3. The van der Waals surface area contributed by atoms with Gasteiger partial charge in [0.15, 0.2) is 0 Å². The maximum Gasteiger partial charge on any atom is 0.282 e. The number of carbonyl (C=O) groups excluding carboxylic acids is 3. The number of anilines is 3. The molecule has 0 aromatic heterocycles. The average Bonchev–Trinajstić information content (AvgIpc) is 3.06. The van der Waals surface area contributed by atoms with E-state index in [1.54, 1.807) is 24.3 Å². The molecule has 1 aliphatic heterocycles. The lowest BCUT2D eigenvalue weighted by molar-refractivity contribution is -0.120. The molecule has 3 amide bonds. The van der Waals surface area contributed by atoms with Crippen molar-refractivity contribution in [3.8, 4) is 0 Å². The summed E-state index contributed by atoms with van der Waals surface area (Å²) in [5.41, 5.74) is 3.28. The molecule has 0 radical (unpaired) electrons. The molecule has 0 saturated carbocycles. The molecule has 0 saturated heterocycles. The Morgan fingerprint density at radius 1 is 0.844 bits per heavy atom. The lowest BCUT2D eigenvalue weighted by atomic mass is 10.0. The molecule has 32 heavy (non-hydrogen) atoms. The first-order valence-corrected chi connectivity index (χ1v) is 10.4. The summed E-state index contributed by atoms with van der Waals surface area (Å²) >= 11 is 0. The van der Waals surface area contributed by atoms with Crippen molar-refractivity contribution >= 4 is 40.4 Å². The van der Waals surface area contributed by atoms with Gasteiger partial charge in [-0.05, 0) is 48.9 Å². The molecule has 3 aromatic rings. The van der Waals surface area contributed by atoms with E-state index in [4.69, 9.17) is 0 Å². The number of para-hydroxylation sites is 1. The molecule has 4 rings (SSSR count). The van der Waals surface area contributed by atoms with Gasteiger partial charge in [0.05, 0.1) is 11.3 Å². The molecule has 6 nitrogen and oxygen atoms in total. The van der Waals surface area contributed by atoms with Gasteiger partial charge in [-0.15, -0.1) is 0 Å². The highest BCUT2D eigenvalue weighted by molar-refractivity contribution is 6.46. The Bertz CT molecular complexity index is 1190. The number of hydrogen-bond donors (Lipinski definition) is 1. The van der Waals surface area contributed by atoms with Gasteiger partial charge in [0.2, 0.25) is 5.91 Å². The van der Waals surface area contributed by atoms with Crippen molar-refractivity contribution in [2.75, 3.05) is 21.7 Å². The van der Waals surface area contributed by atoms with Crippen LogP contribution < -0.4 is 15.1 Å². The molecule has 160 valence electrons. The van der Waals surface area contributed by atoms with Crippen LogP contribution in [0.15, 0.2) is 90.6 Å². The van der Waals surface area contributed by atoms with Crippen molar-refractivity contribution in [2.24, 2.45) is 0 Å². The summed E-state index contributed by atoms with van der Waals surface area (Å²) in [4.78, 5) is 41.6. The molecule has 0 bridgehead atoms. The second kappa shape index (κ2) is 8.89. The number of rotatable bonds is 6. The molecule has 1 aliphatic rings. The maximum absolute atomic E-state index is 13.7. The third-order valence-corrected chi connectivity index (χ3v) is 5.22. The summed E-state index contributed by atoms with van der Waals surface area (Å²) in [5, 5.41) is 2.69. The van der Waals surface area contributed by atoms with Crippen molar-refractivity contribution in [2.45, 2.75) is 13.8 Å². The summed E-state index contributed by atoms with van der Waals surface area (Å²) in [6.45, 7) is 3.89. The smallest absolute Gasteiger partial charge is 0.282 e. The fourth-order valence-electron chi connectivity index (χ4n) is 3.84. The number of benzene rings is 3. The van der Waals surface area contributed by atoms with Gasteiger partial charge in [-0.1, -0.05) is 48.5 Å². The minimum absolute atomic E-state index is 0.192. The van der Waals surface area contributed by atoms with E-state index in [0.717, 1.165) is 5.69 Å². The van der Waals surface area contributed by atoms with E-state index in [1.807, 2.05) is 72.5 Å². The Morgan fingerprint density at radius 3 is 2.00 bits per heavy atom. The Kier molecular flexibility index (Phi) is 5.85.